The average molecular weight is 186 g/mol. The summed E-state index contributed by atoms with van der Waals surface area (Å²) in [7, 11) is 0. The van der Waals surface area contributed by atoms with E-state index < -0.39 is 17.0 Å². The van der Waals surface area contributed by atoms with E-state index in [0.29, 0.717) is 0 Å². The van der Waals surface area contributed by atoms with Gasteiger partial charge in [-0.25, -0.2) is 4.79 Å². The van der Waals surface area contributed by atoms with Crippen LogP contribution in [-0.4, -0.2) is 32.4 Å². The predicted octanol–water partition coefficient (Wildman–Crippen LogP) is 1.26. The van der Waals surface area contributed by atoms with E-state index in [1.165, 1.54) is 0 Å². The van der Waals surface area contributed by atoms with Crippen molar-refractivity contribution >= 4 is 5.97 Å². The highest BCUT2D eigenvalue weighted by Gasteiger charge is 2.47. The Morgan fingerprint density at radius 2 is 1.85 bits per heavy atom. The fourth-order valence-corrected chi connectivity index (χ4v) is 1.75. The molecule has 0 aromatic rings. The maximum Gasteiger partial charge on any atom is 0.333 e. The summed E-state index contributed by atoms with van der Waals surface area (Å²) in [6.07, 6.45) is 1.58. The van der Waals surface area contributed by atoms with Crippen molar-refractivity contribution in [3.8, 4) is 0 Å². The Morgan fingerprint density at radius 3 is 2.00 bits per heavy atom. The zero-order valence-corrected chi connectivity index (χ0v) is 8.33. The molecule has 13 heavy (non-hydrogen) atoms. The normalized spacial score (nSPS) is 25.8. The summed E-state index contributed by atoms with van der Waals surface area (Å²) in [5.74, 6) is -0.977. The number of carboxylic acids is 1. The first kappa shape index (κ1) is 10.2. The summed E-state index contributed by atoms with van der Waals surface area (Å²) < 4.78 is 0. The molecule has 0 saturated heterocycles. The van der Waals surface area contributed by atoms with Gasteiger partial charge in [0.25, 0.3) is 0 Å². The van der Waals surface area contributed by atoms with Crippen LogP contribution in [0.5, 0.6) is 0 Å². The number of aliphatic carboxylic acids is 1. The number of nitrogens with zero attached hydrogens (tertiary/aromatic N) is 1. The smallest absolute Gasteiger partial charge is 0.333 e. The lowest BCUT2D eigenvalue weighted by molar-refractivity contribution is -0.187. The van der Waals surface area contributed by atoms with Gasteiger partial charge in [0.2, 0.25) is 0 Å². The van der Waals surface area contributed by atoms with E-state index in [9.17, 15) is 10.0 Å². The van der Waals surface area contributed by atoms with Gasteiger partial charge >= 0.3 is 5.97 Å². The molecule has 0 unspecified atom stereocenters. The van der Waals surface area contributed by atoms with Crippen molar-refractivity contribution in [1.29, 1.82) is 0 Å². The van der Waals surface area contributed by atoms with Crippen LogP contribution in [0.25, 0.3) is 0 Å². The molecule has 0 aromatic heterocycles. The number of hydrogen-bond acceptors (Lipinski definition) is 3. The van der Waals surface area contributed by atoms with E-state index in [1.54, 1.807) is 33.8 Å². The lowest BCUT2D eigenvalue weighted by atomic mass is 9.98. The average Bonchev–Trinajstić information content (AvgIpc) is 2.11. The van der Waals surface area contributed by atoms with Crippen LogP contribution in [0.2, 0.25) is 0 Å². The van der Waals surface area contributed by atoms with Crippen molar-refractivity contribution in [3.05, 3.63) is 11.6 Å². The van der Waals surface area contributed by atoms with Crippen LogP contribution in [-0.2, 0) is 4.79 Å². The third kappa shape index (κ3) is 1.36. The molecule has 0 atom stereocenters. The maximum atomic E-state index is 10.8. The topological polar surface area (TPSA) is 60.8 Å². The number of rotatable bonds is 1. The second-order valence-electron chi connectivity index (χ2n) is 4.39. The van der Waals surface area contributed by atoms with Crippen molar-refractivity contribution in [2.45, 2.75) is 38.8 Å². The van der Waals surface area contributed by atoms with Crippen LogP contribution in [0.3, 0.4) is 0 Å². The largest absolute Gasteiger partial charge is 0.478 e. The zero-order valence-electron chi connectivity index (χ0n) is 8.33. The monoisotopic (exact) mass is 186 g/mol. The van der Waals surface area contributed by atoms with Crippen molar-refractivity contribution in [1.82, 2.24) is 5.06 Å². The van der Waals surface area contributed by atoms with E-state index in [1.807, 2.05) is 0 Å². The van der Waals surface area contributed by atoms with Gasteiger partial charge in [0.15, 0.2) is 0 Å². The van der Waals surface area contributed by atoms with Crippen LogP contribution in [0.1, 0.15) is 27.7 Å². The van der Waals surface area contributed by atoms with Crippen molar-refractivity contribution < 1.29 is 15.1 Å². The highest BCUT2D eigenvalue weighted by molar-refractivity contribution is 5.90. The standard InChI is InChI=1S/C9H15NO3/c1-8(2)5-6(7(11)12)9(3,4)10(8)13/h5,13H,1-4H3,(H,11,12)/i10+1. The summed E-state index contributed by atoms with van der Waals surface area (Å²) in [6, 6.07) is 0. The Labute approximate surface area is 77.4 Å². The first-order chi connectivity index (χ1) is 5.69. The SMILES string of the molecule is CC1(C)C=C(C(=O)O)C(C)(C)[15N]1O. The van der Waals surface area contributed by atoms with E-state index in [4.69, 9.17) is 5.11 Å². The van der Waals surface area contributed by atoms with Crippen molar-refractivity contribution in [2.75, 3.05) is 0 Å². The molecule has 2 N–H and O–H groups in total. The van der Waals surface area contributed by atoms with Crippen molar-refractivity contribution in [3.63, 3.8) is 0 Å². The molecular weight excluding hydrogens is 171 g/mol. The minimum atomic E-state index is -0.977. The highest BCUT2D eigenvalue weighted by Crippen LogP contribution is 2.38. The summed E-state index contributed by atoms with van der Waals surface area (Å²) in [6.45, 7) is 6.90. The van der Waals surface area contributed by atoms with Gasteiger partial charge in [-0.3, -0.25) is 0 Å². The summed E-state index contributed by atoms with van der Waals surface area (Å²) >= 11 is 0. The lowest BCUT2D eigenvalue weighted by Gasteiger charge is -2.35. The van der Waals surface area contributed by atoms with Gasteiger partial charge in [-0.2, -0.15) is 5.06 Å². The molecule has 0 fully saturated rings. The van der Waals surface area contributed by atoms with E-state index in [2.05, 4.69) is 0 Å². The minimum absolute atomic E-state index is 0.236. The molecule has 1 aliphatic heterocycles. The van der Waals surface area contributed by atoms with Gasteiger partial charge in [0, 0.05) is 0 Å². The molecular formula is C9H15NO3. The molecule has 0 saturated carbocycles. The summed E-state index contributed by atoms with van der Waals surface area (Å²) in [4.78, 5) is 10.8. The first-order valence-electron chi connectivity index (χ1n) is 4.15. The van der Waals surface area contributed by atoms with Gasteiger partial charge < -0.3 is 10.3 Å². The number of carboxylic acid groups (broad SMARTS) is 1. The molecule has 1 aliphatic rings. The van der Waals surface area contributed by atoms with Crippen LogP contribution < -0.4 is 0 Å². The molecule has 0 bridgehead atoms. The van der Waals surface area contributed by atoms with Gasteiger partial charge in [-0.1, -0.05) is 6.08 Å². The lowest BCUT2D eigenvalue weighted by Crippen LogP contribution is -2.48. The zero-order chi connectivity index (χ0) is 10.4. The Kier molecular flexibility index (Phi) is 2.01. The van der Waals surface area contributed by atoms with Crippen LogP contribution in [0.15, 0.2) is 11.6 Å². The molecule has 74 valence electrons. The fourth-order valence-electron chi connectivity index (χ4n) is 1.75. The molecule has 0 radical (unpaired) electrons. The maximum absolute atomic E-state index is 10.8. The van der Waals surface area contributed by atoms with Crippen LogP contribution >= 0.6 is 0 Å². The second-order valence-corrected chi connectivity index (χ2v) is 4.39. The molecule has 0 spiro atoms. The number of carbonyl (C=O) groups is 1. The third-order valence-electron chi connectivity index (χ3n) is 2.46. The Bertz CT molecular complexity index is 279. The quantitative estimate of drug-likeness (QED) is 0.605. The van der Waals surface area contributed by atoms with Gasteiger partial charge in [0.1, 0.15) is 0 Å². The Hall–Kier alpha value is -0.870. The third-order valence-corrected chi connectivity index (χ3v) is 2.46. The van der Waals surface area contributed by atoms with Gasteiger partial charge in [-0.15, -0.1) is 0 Å². The molecule has 0 aromatic carbocycles. The van der Waals surface area contributed by atoms with Crippen LogP contribution in [0, 0.1) is 0 Å². The Balaban J connectivity index is 3.17. The molecule has 4 heteroatoms. The summed E-state index contributed by atoms with van der Waals surface area (Å²) in [5.41, 5.74) is -1.20. The Morgan fingerprint density at radius 1 is 1.38 bits per heavy atom. The van der Waals surface area contributed by atoms with Gasteiger partial charge in [0.05, 0.1) is 16.7 Å². The highest BCUT2D eigenvalue weighted by atomic mass is 16.8. The van der Waals surface area contributed by atoms with Crippen LogP contribution in [0.4, 0.5) is 0 Å². The van der Waals surface area contributed by atoms with E-state index in [-0.39, 0.29) is 5.57 Å². The molecule has 4 nitrogen and oxygen atoms in total. The molecule has 1 rings (SSSR count). The minimum Gasteiger partial charge on any atom is -0.478 e. The van der Waals surface area contributed by atoms with Gasteiger partial charge in [-0.05, 0) is 27.7 Å². The second kappa shape index (κ2) is 2.56. The van der Waals surface area contributed by atoms with Crippen molar-refractivity contribution in [2.24, 2.45) is 0 Å². The van der Waals surface area contributed by atoms with E-state index >= 15 is 0 Å². The number of hydroxylamine groups is 2. The fraction of sp³-hybridized carbons (Fsp3) is 0.667. The molecule has 0 amide bonds. The first-order valence-corrected chi connectivity index (χ1v) is 4.15. The van der Waals surface area contributed by atoms with E-state index in [0.717, 1.165) is 5.06 Å². The summed E-state index contributed by atoms with van der Waals surface area (Å²) in [5, 5.41) is 19.7. The molecule has 0 aliphatic carbocycles. The number of hydrogen-bond donors (Lipinski definition) is 2. The molecule has 1 heterocycles. The predicted molar refractivity (Wildman–Crippen MR) is 47.5 cm³/mol.